The lowest BCUT2D eigenvalue weighted by Gasteiger charge is -2.28. The van der Waals surface area contributed by atoms with Gasteiger partial charge in [-0.1, -0.05) is 24.3 Å². The molecule has 1 aliphatic carbocycles. The van der Waals surface area contributed by atoms with Crippen LogP contribution in [-0.2, 0) is 9.53 Å². The number of benzene rings is 1. The Bertz CT molecular complexity index is 477. The summed E-state index contributed by atoms with van der Waals surface area (Å²) in [5, 5.41) is 0. The van der Waals surface area contributed by atoms with E-state index in [2.05, 4.69) is 4.74 Å². The fraction of sp³-hybridized carbons (Fsp3) is 0.533. The molecule has 0 atom stereocenters. The van der Waals surface area contributed by atoms with Gasteiger partial charge < -0.3 is 17.7 Å². The topological polar surface area (TPSA) is 26.3 Å². The normalized spacial score (nSPS) is 22.9. The molecule has 0 radical (unpaired) electrons. The van der Waals surface area contributed by atoms with Crippen LogP contribution in [0.1, 0.15) is 43.6 Å². The minimum absolute atomic E-state index is 0.185. The second-order valence-electron chi connectivity index (χ2n) is 5.74. The van der Waals surface area contributed by atoms with Gasteiger partial charge in [0.2, 0.25) is 0 Å². The van der Waals surface area contributed by atoms with Crippen LogP contribution in [0.3, 0.4) is 0 Å². The summed E-state index contributed by atoms with van der Waals surface area (Å²) in [7, 11) is 1.39. The standard InChI is InChI=1S/C15H19BF3O2/c1-21-15(20)10-11-2-4-12(5-3-11)13-6-8-14(9-7-13)16(17,18)19/h6-9,11-12H,2-5,10H2,1H3/q-1. The Morgan fingerprint density at radius 3 is 2.19 bits per heavy atom. The van der Waals surface area contributed by atoms with E-state index in [1.807, 2.05) is 0 Å². The average Bonchev–Trinajstić information content (AvgIpc) is 2.47. The van der Waals surface area contributed by atoms with E-state index >= 15 is 0 Å². The molecule has 0 heterocycles. The van der Waals surface area contributed by atoms with Gasteiger partial charge in [0.1, 0.15) is 0 Å². The monoisotopic (exact) mass is 299 g/mol. The number of halogens is 3. The Morgan fingerprint density at radius 1 is 1.14 bits per heavy atom. The summed E-state index contributed by atoms with van der Waals surface area (Å²) in [5.41, 5.74) is 0.424. The number of hydrogen-bond acceptors (Lipinski definition) is 2. The van der Waals surface area contributed by atoms with Crippen molar-refractivity contribution >= 4 is 18.4 Å². The predicted octanol–water partition coefficient (Wildman–Crippen LogP) is 3.58. The minimum Gasteiger partial charge on any atom is -0.469 e. The molecule has 1 aliphatic rings. The van der Waals surface area contributed by atoms with Gasteiger partial charge in [-0.3, -0.25) is 4.79 Å². The first-order valence-corrected chi connectivity index (χ1v) is 7.26. The molecule has 0 N–H and O–H groups in total. The lowest BCUT2D eigenvalue weighted by molar-refractivity contribution is -0.142. The van der Waals surface area contributed by atoms with Crippen LogP contribution in [0.4, 0.5) is 12.9 Å². The Kier molecular flexibility index (Phi) is 4.96. The molecule has 21 heavy (non-hydrogen) atoms. The van der Waals surface area contributed by atoms with E-state index in [4.69, 9.17) is 0 Å². The minimum atomic E-state index is -4.92. The van der Waals surface area contributed by atoms with Crippen molar-refractivity contribution in [2.24, 2.45) is 5.92 Å². The van der Waals surface area contributed by atoms with E-state index in [-0.39, 0.29) is 5.97 Å². The molecule has 1 aromatic rings. The molecule has 0 amide bonds. The van der Waals surface area contributed by atoms with Crippen LogP contribution in [0.15, 0.2) is 24.3 Å². The summed E-state index contributed by atoms with van der Waals surface area (Å²) >= 11 is 0. The zero-order chi connectivity index (χ0) is 15.5. The fourth-order valence-corrected chi connectivity index (χ4v) is 3.01. The average molecular weight is 299 g/mol. The van der Waals surface area contributed by atoms with Gasteiger partial charge in [0, 0.05) is 6.42 Å². The molecule has 2 nitrogen and oxygen atoms in total. The molecule has 0 unspecified atom stereocenters. The van der Waals surface area contributed by atoms with Gasteiger partial charge in [0.25, 0.3) is 0 Å². The third-order valence-corrected chi connectivity index (χ3v) is 4.32. The molecule has 6 heteroatoms. The van der Waals surface area contributed by atoms with E-state index < -0.39 is 12.4 Å². The molecular weight excluding hydrogens is 280 g/mol. The smallest absolute Gasteiger partial charge is 0.469 e. The third kappa shape index (κ3) is 4.25. The number of esters is 1. The van der Waals surface area contributed by atoms with Crippen LogP contribution >= 0.6 is 0 Å². The summed E-state index contributed by atoms with van der Waals surface area (Å²) in [6.45, 7) is -4.92. The lowest BCUT2D eigenvalue weighted by atomic mass is 9.75. The van der Waals surface area contributed by atoms with Crippen LogP contribution in [0.5, 0.6) is 0 Å². The highest BCUT2D eigenvalue weighted by Crippen LogP contribution is 2.37. The predicted molar refractivity (Wildman–Crippen MR) is 76.5 cm³/mol. The summed E-state index contributed by atoms with van der Waals surface area (Å²) < 4.78 is 42.4. The quantitative estimate of drug-likeness (QED) is 0.627. The molecule has 1 aromatic carbocycles. The molecule has 0 spiro atoms. The first-order chi connectivity index (χ1) is 9.90. The summed E-state index contributed by atoms with van der Waals surface area (Å²) in [5.74, 6) is 0.454. The Balaban J connectivity index is 1.92. The van der Waals surface area contributed by atoms with E-state index in [0.29, 0.717) is 18.3 Å². The van der Waals surface area contributed by atoms with Crippen molar-refractivity contribution in [3.63, 3.8) is 0 Å². The lowest BCUT2D eigenvalue weighted by Crippen LogP contribution is -2.33. The summed E-state index contributed by atoms with van der Waals surface area (Å²) in [4.78, 5) is 11.2. The largest absolute Gasteiger partial charge is 0.509 e. The van der Waals surface area contributed by atoms with Gasteiger partial charge in [-0.25, -0.2) is 0 Å². The van der Waals surface area contributed by atoms with Crippen molar-refractivity contribution in [1.29, 1.82) is 0 Å². The molecule has 0 aliphatic heterocycles. The number of rotatable bonds is 4. The summed E-state index contributed by atoms with van der Waals surface area (Å²) in [6.07, 6.45) is 4.12. The molecular formula is C15H19BF3O2-. The number of carbonyl (C=O) groups excluding carboxylic acids is 1. The van der Waals surface area contributed by atoms with Crippen molar-refractivity contribution in [2.75, 3.05) is 7.11 Å². The van der Waals surface area contributed by atoms with Gasteiger partial charge in [0.05, 0.1) is 7.11 Å². The van der Waals surface area contributed by atoms with Gasteiger partial charge in [-0.15, -0.1) is 5.46 Å². The second kappa shape index (κ2) is 6.54. The highest BCUT2D eigenvalue weighted by Gasteiger charge is 2.27. The molecule has 116 valence electrons. The Labute approximate surface area is 122 Å². The first-order valence-electron chi connectivity index (χ1n) is 7.26. The number of hydrogen-bond donors (Lipinski definition) is 0. The maximum atomic E-state index is 12.6. The maximum absolute atomic E-state index is 12.6. The SMILES string of the molecule is COC(=O)CC1CCC(c2ccc([B-](F)(F)F)cc2)CC1. The maximum Gasteiger partial charge on any atom is 0.509 e. The van der Waals surface area contributed by atoms with Crippen molar-refractivity contribution in [3.05, 3.63) is 29.8 Å². The van der Waals surface area contributed by atoms with Crippen LogP contribution in [0.2, 0.25) is 0 Å². The summed E-state index contributed by atoms with van der Waals surface area (Å²) in [6, 6.07) is 5.54. The van der Waals surface area contributed by atoms with Gasteiger partial charge in [0.15, 0.2) is 0 Å². The van der Waals surface area contributed by atoms with E-state index in [0.717, 1.165) is 31.2 Å². The molecule has 2 rings (SSSR count). The number of carbonyl (C=O) groups is 1. The Hall–Kier alpha value is -1.46. The Morgan fingerprint density at radius 2 is 1.71 bits per heavy atom. The van der Waals surface area contributed by atoms with Crippen LogP contribution in [-0.4, -0.2) is 20.1 Å². The van der Waals surface area contributed by atoms with Crippen LogP contribution in [0.25, 0.3) is 0 Å². The molecule has 1 fully saturated rings. The van der Waals surface area contributed by atoms with Gasteiger partial charge >= 0.3 is 12.9 Å². The van der Waals surface area contributed by atoms with Crippen molar-refractivity contribution in [1.82, 2.24) is 0 Å². The molecule has 0 saturated heterocycles. The highest BCUT2D eigenvalue weighted by atomic mass is 19.4. The first kappa shape index (κ1) is 15.9. The zero-order valence-corrected chi connectivity index (χ0v) is 12.0. The third-order valence-electron chi connectivity index (χ3n) is 4.32. The van der Waals surface area contributed by atoms with Crippen LogP contribution < -0.4 is 5.46 Å². The highest BCUT2D eigenvalue weighted by molar-refractivity contribution is 6.73. The fourth-order valence-electron chi connectivity index (χ4n) is 3.01. The zero-order valence-electron chi connectivity index (χ0n) is 12.0. The van der Waals surface area contributed by atoms with Gasteiger partial charge in [-0.2, -0.15) is 0 Å². The van der Waals surface area contributed by atoms with Gasteiger partial charge in [-0.05, 0) is 43.1 Å². The van der Waals surface area contributed by atoms with Crippen molar-refractivity contribution in [3.8, 4) is 0 Å². The van der Waals surface area contributed by atoms with Crippen molar-refractivity contribution < 1.29 is 22.5 Å². The van der Waals surface area contributed by atoms with E-state index in [1.165, 1.54) is 19.2 Å². The van der Waals surface area contributed by atoms with E-state index in [1.54, 1.807) is 12.1 Å². The van der Waals surface area contributed by atoms with Crippen LogP contribution in [0, 0.1) is 5.92 Å². The molecule has 1 saturated carbocycles. The molecule has 0 aromatic heterocycles. The van der Waals surface area contributed by atoms with E-state index in [9.17, 15) is 17.7 Å². The number of ether oxygens (including phenoxy) is 1. The van der Waals surface area contributed by atoms with Crippen molar-refractivity contribution in [2.45, 2.75) is 38.0 Å². The number of methoxy groups -OCH3 is 1. The molecule has 0 bridgehead atoms. The second-order valence-corrected chi connectivity index (χ2v) is 5.74.